The Morgan fingerprint density at radius 3 is 2.95 bits per heavy atom. The van der Waals surface area contributed by atoms with Crippen LogP contribution in [0.1, 0.15) is 6.42 Å². The number of carbonyl (C=O) groups is 1. The van der Waals surface area contributed by atoms with Crippen LogP contribution in [0.3, 0.4) is 0 Å². The Bertz CT molecular complexity index is 834. The molecule has 1 amide bonds. The summed E-state index contributed by atoms with van der Waals surface area (Å²) in [6, 6.07) is 5.52. The summed E-state index contributed by atoms with van der Waals surface area (Å²) >= 11 is 1.39. The lowest BCUT2D eigenvalue weighted by molar-refractivity contribution is -0.117. The zero-order valence-electron chi connectivity index (χ0n) is 11.7. The molecule has 0 spiro atoms. The first-order chi connectivity index (χ1) is 10.4. The smallest absolute Gasteiger partial charge is 0.232 e. The van der Waals surface area contributed by atoms with E-state index in [0.717, 1.165) is 10.2 Å². The van der Waals surface area contributed by atoms with Gasteiger partial charge in [0.25, 0.3) is 0 Å². The fourth-order valence-corrected chi connectivity index (χ4v) is 4.79. The van der Waals surface area contributed by atoms with Gasteiger partial charge in [-0.1, -0.05) is 11.3 Å². The summed E-state index contributed by atoms with van der Waals surface area (Å²) in [6.07, 6.45) is 0.172. The number of benzene rings is 1. The summed E-state index contributed by atoms with van der Waals surface area (Å²) in [6.45, 7) is 0.321. The minimum atomic E-state index is -3.61. The van der Waals surface area contributed by atoms with Gasteiger partial charge in [0.1, 0.15) is 5.75 Å². The first-order valence-corrected chi connectivity index (χ1v) is 9.82. The Morgan fingerprint density at radius 2 is 2.27 bits per heavy atom. The van der Waals surface area contributed by atoms with Crippen molar-refractivity contribution in [1.82, 2.24) is 4.98 Å². The van der Waals surface area contributed by atoms with Crippen molar-refractivity contribution in [1.29, 1.82) is 0 Å². The largest absolute Gasteiger partial charge is 0.497 e. The molecule has 0 aliphatic carbocycles. The summed E-state index contributed by atoms with van der Waals surface area (Å²) in [7, 11) is 3.24. The lowest BCUT2D eigenvalue weighted by Crippen LogP contribution is -2.25. The number of rotatable bonds is 4. The van der Waals surface area contributed by atoms with Gasteiger partial charge in [-0.15, -0.1) is 0 Å². The highest BCUT2D eigenvalue weighted by Gasteiger charge is 2.34. The summed E-state index contributed by atoms with van der Waals surface area (Å²) in [5.74, 6) is 0.0753. The number of thiazole rings is 1. The van der Waals surface area contributed by atoms with Gasteiger partial charge < -0.3 is 4.74 Å². The summed E-state index contributed by atoms with van der Waals surface area (Å²) < 4.78 is 28.4. The van der Waals surface area contributed by atoms with Gasteiger partial charge in [-0.3, -0.25) is 9.69 Å². The molecule has 1 aromatic heterocycles. The third-order valence-electron chi connectivity index (χ3n) is 3.45. The molecule has 2 aromatic rings. The lowest BCUT2D eigenvalue weighted by Gasteiger charge is -2.12. The molecule has 2 heterocycles. The molecule has 6 nitrogen and oxygen atoms in total. The predicted octanol–water partition coefficient (Wildman–Crippen LogP) is 2.23. The maximum absolute atomic E-state index is 12.1. The fraction of sp³-hybridized carbons (Fsp3) is 0.385. The molecule has 1 saturated heterocycles. The molecule has 3 rings (SSSR count). The number of carbonyl (C=O) groups excluding carboxylic acids is 1. The average molecular weight is 361 g/mol. The molecular weight excluding hydrogens is 348 g/mol. The molecule has 0 N–H and O–H groups in total. The van der Waals surface area contributed by atoms with E-state index in [1.807, 2.05) is 12.1 Å². The second-order valence-corrected chi connectivity index (χ2v) is 8.94. The Hall–Kier alpha value is -1.38. The molecule has 1 aliphatic heterocycles. The van der Waals surface area contributed by atoms with E-state index in [-0.39, 0.29) is 24.0 Å². The van der Waals surface area contributed by atoms with Crippen molar-refractivity contribution in [3.05, 3.63) is 18.2 Å². The Balaban J connectivity index is 1.86. The number of amides is 1. The van der Waals surface area contributed by atoms with E-state index in [4.69, 9.17) is 15.4 Å². The van der Waals surface area contributed by atoms with Crippen LogP contribution in [0.5, 0.6) is 5.75 Å². The van der Waals surface area contributed by atoms with Gasteiger partial charge in [-0.05, 0) is 12.1 Å². The zero-order valence-corrected chi connectivity index (χ0v) is 14.0. The average Bonchev–Trinajstić information content (AvgIpc) is 2.98. The van der Waals surface area contributed by atoms with Gasteiger partial charge >= 0.3 is 0 Å². The highest BCUT2D eigenvalue weighted by Crippen LogP contribution is 2.34. The van der Waals surface area contributed by atoms with E-state index in [2.05, 4.69) is 4.98 Å². The highest BCUT2D eigenvalue weighted by molar-refractivity contribution is 8.13. The van der Waals surface area contributed by atoms with Crippen LogP contribution in [-0.4, -0.2) is 38.7 Å². The Kier molecular flexibility index (Phi) is 4.00. The summed E-state index contributed by atoms with van der Waals surface area (Å²) in [4.78, 5) is 18.1. The second kappa shape index (κ2) is 5.68. The monoisotopic (exact) mass is 360 g/mol. The first-order valence-electron chi connectivity index (χ1n) is 6.53. The molecule has 22 heavy (non-hydrogen) atoms. The van der Waals surface area contributed by atoms with E-state index in [1.165, 1.54) is 16.2 Å². The van der Waals surface area contributed by atoms with Gasteiger partial charge in [0.05, 0.1) is 23.1 Å². The van der Waals surface area contributed by atoms with Crippen LogP contribution in [0.25, 0.3) is 10.2 Å². The van der Waals surface area contributed by atoms with Crippen molar-refractivity contribution in [3.8, 4) is 5.75 Å². The molecule has 1 aliphatic rings. The van der Waals surface area contributed by atoms with Crippen LogP contribution < -0.4 is 9.64 Å². The topological polar surface area (TPSA) is 76.6 Å². The molecule has 9 heteroatoms. The number of halogens is 1. The number of hydrogen-bond donors (Lipinski definition) is 0. The molecule has 1 fully saturated rings. The first kappa shape index (κ1) is 15.5. The van der Waals surface area contributed by atoms with Gasteiger partial charge in [-0.2, -0.15) is 0 Å². The lowest BCUT2D eigenvalue weighted by atomic mass is 10.1. The predicted molar refractivity (Wildman–Crippen MR) is 86.3 cm³/mol. The summed E-state index contributed by atoms with van der Waals surface area (Å²) in [5, 5.41) is 0.572. The van der Waals surface area contributed by atoms with Crippen molar-refractivity contribution in [2.75, 3.05) is 24.3 Å². The maximum Gasteiger partial charge on any atom is 0.232 e. The van der Waals surface area contributed by atoms with Crippen LogP contribution >= 0.6 is 22.0 Å². The SMILES string of the molecule is COc1ccc2sc(N3CC(CS(=O)(=O)Cl)CC3=O)nc2c1. The van der Waals surface area contributed by atoms with Crippen LogP contribution in [0.4, 0.5) is 5.13 Å². The third kappa shape index (κ3) is 3.18. The van der Waals surface area contributed by atoms with E-state index in [0.29, 0.717) is 17.4 Å². The number of fused-ring (bicyclic) bond motifs is 1. The fourth-order valence-electron chi connectivity index (χ4n) is 2.50. The molecule has 0 bridgehead atoms. The number of hydrogen-bond acceptors (Lipinski definition) is 6. The quantitative estimate of drug-likeness (QED) is 0.781. The molecule has 0 radical (unpaired) electrons. The number of methoxy groups -OCH3 is 1. The summed E-state index contributed by atoms with van der Waals surface area (Å²) in [5.41, 5.74) is 0.751. The second-order valence-electron chi connectivity index (χ2n) is 5.11. The van der Waals surface area contributed by atoms with E-state index in [9.17, 15) is 13.2 Å². The molecule has 1 aromatic carbocycles. The van der Waals surface area contributed by atoms with Crippen molar-refractivity contribution in [3.63, 3.8) is 0 Å². The molecule has 1 atom stereocenters. The number of aromatic nitrogens is 1. The highest BCUT2D eigenvalue weighted by atomic mass is 35.7. The molecular formula is C13H13ClN2O4S2. The van der Waals surface area contributed by atoms with Crippen LogP contribution in [0, 0.1) is 5.92 Å². The minimum Gasteiger partial charge on any atom is -0.497 e. The maximum atomic E-state index is 12.1. The van der Waals surface area contributed by atoms with Gasteiger partial charge in [0.2, 0.25) is 15.0 Å². The standard InChI is InChI=1S/C13H13ClN2O4S2/c1-20-9-2-3-11-10(5-9)15-13(21-11)16-6-8(4-12(16)17)7-22(14,18)19/h2-3,5,8H,4,6-7H2,1H3. The Labute approximate surface area is 136 Å². The Morgan fingerprint density at radius 1 is 1.50 bits per heavy atom. The van der Waals surface area contributed by atoms with Gasteiger partial charge in [0.15, 0.2) is 5.13 Å². The number of ether oxygens (including phenoxy) is 1. The molecule has 118 valence electrons. The zero-order chi connectivity index (χ0) is 15.9. The number of nitrogens with zero attached hydrogens (tertiary/aromatic N) is 2. The van der Waals surface area contributed by atoms with E-state index in [1.54, 1.807) is 13.2 Å². The number of anilines is 1. The molecule has 1 unspecified atom stereocenters. The van der Waals surface area contributed by atoms with Gasteiger partial charge in [0, 0.05) is 35.6 Å². The van der Waals surface area contributed by atoms with Gasteiger partial charge in [-0.25, -0.2) is 13.4 Å². The van der Waals surface area contributed by atoms with Crippen molar-refractivity contribution in [2.45, 2.75) is 6.42 Å². The van der Waals surface area contributed by atoms with Crippen LogP contribution in [0.2, 0.25) is 0 Å². The normalized spacial score (nSPS) is 19.1. The van der Waals surface area contributed by atoms with E-state index < -0.39 is 9.05 Å². The van der Waals surface area contributed by atoms with Crippen molar-refractivity contribution >= 4 is 52.3 Å². The third-order valence-corrected chi connectivity index (χ3v) is 5.76. The van der Waals surface area contributed by atoms with Crippen molar-refractivity contribution in [2.24, 2.45) is 5.92 Å². The van der Waals surface area contributed by atoms with Crippen LogP contribution in [-0.2, 0) is 13.8 Å². The van der Waals surface area contributed by atoms with Crippen molar-refractivity contribution < 1.29 is 17.9 Å². The minimum absolute atomic E-state index is 0.128. The van der Waals surface area contributed by atoms with E-state index >= 15 is 0 Å². The van der Waals surface area contributed by atoms with Crippen LogP contribution in [0.15, 0.2) is 18.2 Å². The molecule has 0 saturated carbocycles.